The third-order valence-electron chi connectivity index (χ3n) is 6.58. The van der Waals surface area contributed by atoms with Crippen LogP contribution < -0.4 is 28.7 Å². The van der Waals surface area contributed by atoms with E-state index in [9.17, 15) is 30.6 Å². The zero-order valence-electron chi connectivity index (χ0n) is 19.2. The van der Waals surface area contributed by atoms with Crippen molar-refractivity contribution in [3.8, 4) is 0 Å². The van der Waals surface area contributed by atoms with Crippen LogP contribution in [-0.2, 0) is 18.9 Å². The molecule has 2 heterocycles. The standard InChI is InChI=1S/C19H38N6O10/c1-4(26)14-12(30)11(29)8(22)17(33-14)34-15-6(21)2-5(20)9(27)16(15)35-18-13(31)10(28)7(32-18)3-25-19(23)24/h4-18,26-31H,2-3,20-22H2,1H3,(H4,23,24,25)/t4-,5?,6?,7?,8?,9?,10?,11?,12?,13?,14?,15?,16?,17?,18?/m1/s1. The highest BCUT2D eigenvalue weighted by atomic mass is 16.7. The van der Waals surface area contributed by atoms with Crippen molar-refractivity contribution in [2.75, 3.05) is 6.54 Å². The maximum absolute atomic E-state index is 10.8. The lowest BCUT2D eigenvalue weighted by Gasteiger charge is -2.47. The van der Waals surface area contributed by atoms with Gasteiger partial charge in [0.15, 0.2) is 18.5 Å². The monoisotopic (exact) mass is 510 g/mol. The van der Waals surface area contributed by atoms with Crippen LogP contribution in [0.5, 0.6) is 0 Å². The van der Waals surface area contributed by atoms with Gasteiger partial charge in [-0.25, -0.2) is 0 Å². The van der Waals surface area contributed by atoms with Crippen LogP contribution in [0.1, 0.15) is 13.3 Å². The fourth-order valence-corrected chi connectivity index (χ4v) is 4.52. The molecule has 14 unspecified atom stereocenters. The van der Waals surface area contributed by atoms with E-state index in [0.717, 1.165) is 0 Å². The molecule has 0 radical (unpaired) electrons. The van der Waals surface area contributed by atoms with E-state index < -0.39 is 91.7 Å². The Kier molecular flexibility index (Phi) is 9.25. The molecule has 0 aromatic heterocycles. The van der Waals surface area contributed by atoms with Gasteiger partial charge < -0.3 is 78.3 Å². The molecule has 2 aliphatic heterocycles. The number of aliphatic hydroxyl groups excluding tert-OH is 6. The van der Waals surface area contributed by atoms with Gasteiger partial charge >= 0.3 is 0 Å². The van der Waals surface area contributed by atoms with E-state index in [0.29, 0.717) is 0 Å². The minimum Gasteiger partial charge on any atom is -0.391 e. The fourth-order valence-electron chi connectivity index (χ4n) is 4.52. The Balaban J connectivity index is 1.78. The normalized spacial score (nSPS) is 49.5. The molecular formula is C19H38N6O10. The molecule has 0 bridgehead atoms. The lowest BCUT2D eigenvalue weighted by molar-refractivity contribution is -0.315. The summed E-state index contributed by atoms with van der Waals surface area (Å²) < 4.78 is 22.9. The van der Waals surface area contributed by atoms with E-state index in [2.05, 4.69) is 4.99 Å². The van der Waals surface area contributed by atoms with Gasteiger partial charge in [-0.2, -0.15) is 0 Å². The first kappa shape index (κ1) is 28.3. The SMILES string of the molecule is C[C@@H](O)C1OC(OC2C(N)CC(N)C(O)C2OC2OC(CN=C(N)N)C(O)C2O)C(N)C(O)C1O. The van der Waals surface area contributed by atoms with E-state index >= 15 is 0 Å². The minimum absolute atomic E-state index is 0.114. The lowest BCUT2D eigenvalue weighted by Crippen LogP contribution is -2.68. The number of nitrogens with two attached hydrogens (primary N) is 5. The second-order valence-electron chi connectivity index (χ2n) is 9.31. The van der Waals surface area contributed by atoms with Crippen LogP contribution in [0.4, 0.5) is 0 Å². The summed E-state index contributed by atoms with van der Waals surface area (Å²) in [5.41, 5.74) is 28.8. The topological polar surface area (TPSA) is 301 Å². The molecule has 0 aromatic carbocycles. The van der Waals surface area contributed by atoms with Gasteiger partial charge in [0.25, 0.3) is 0 Å². The van der Waals surface area contributed by atoms with Crippen LogP contribution >= 0.6 is 0 Å². The number of rotatable bonds is 7. The maximum atomic E-state index is 10.8. The van der Waals surface area contributed by atoms with Crippen molar-refractivity contribution in [3.63, 3.8) is 0 Å². The summed E-state index contributed by atoms with van der Waals surface area (Å²) in [5.74, 6) is -0.237. The van der Waals surface area contributed by atoms with Gasteiger partial charge in [-0.1, -0.05) is 0 Å². The predicted octanol–water partition coefficient (Wildman–Crippen LogP) is -6.95. The van der Waals surface area contributed by atoms with Crippen molar-refractivity contribution in [1.29, 1.82) is 0 Å². The summed E-state index contributed by atoms with van der Waals surface area (Å²) >= 11 is 0. The summed E-state index contributed by atoms with van der Waals surface area (Å²) in [4.78, 5) is 3.76. The minimum atomic E-state index is -1.53. The highest BCUT2D eigenvalue weighted by molar-refractivity contribution is 5.75. The number of aliphatic hydroxyl groups is 6. The largest absolute Gasteiger partial charge is 0.391 e. The summed E-state index contributed by atoms with van der Waals surface area (Å²) in [6, 6.07) is -2.88. The summed E-state index contributed by atoms with van der Waals surface area (Å²) in [6.07, 6.45) is -15.7. The van der Waals surface area contributed by atoms with Crippen molar-refractivity contribution >= 4 is 5.96 Å². The third kappa shape index (κ3) is 6.02. The van der Waals surface area contributed by atoms with E-state index in [1.54, 1.807) is 0 Å². The highest BCUT2D eigenvalue weighted by Crippen LogP contribution is 2.32. The van der Waals surface area contributed by atoms with Crippen LogP contribution in [-0.4, -0.2) is 135 Å². The molecule has 3 fully saturated rings. The second-order valence-corrected chi connectivity index (χ2v) is 9.31. The highest BCUT2D eigenvalue weighted by Gasteiger charge is 2.52. The van der Waals surface area contributed by atoms with Crippen LogP contribution in [0, 0.1) is 0 Å². The quantitative estimate of drug-likeness (QED) is 0.112. The van der Waals surface area contributed by atoms with Crippen LogP contribution in [0.15, 0.2) is 4.99 Å². The van der Waals surface area contributed by atoms with Crippen molar-refractivity contribution < 1.29 is 49.6 Å². The molecule has 3 rings (SSSR count). The van der Waals surface area contributed by atoms with Gasteiger partial charge in [0.2, 0.25) is 0 Å². The second kappa shape index (κ2) is 11.4. The average molecular weight is 511 g/mol. The molecule has 0 spiro atoms. The molecule has 1 saturated carbocycles. The Morgan fingerprint density at radius 1 is 0.857 bits per heavy atom. The number of hydrogen-bond donors (Lipinski definition) is 11. The first-order valence-electron chi connectivity index (χ1n) is 11.4. The third-order valence-corrected chi connectivity index (χ3v) is 6.58. The first-order chi connectivity index (χ1) is 16.3. The molecular weight excluding hydrogens is 472 g/mol. The van der Waals surface area contributed by atoms with E-state index in [1.165, 1.54) is 6.92 Å². The number of hydrogen-bond acceptors (Lipinski definition) is 14. The molecule has 15 atom stereocenters. The van der Waals surface area contributed by atoms with Gasteiger partial charge in [0.1, 0.15) is 48.8 Å². The Hall–Kier alpha value is -1.25. The molecule has 204 valence electrons. The first-order valence-corrected chi connectivity index (χ1v) is 11.4. The molecule has 1 aliphatic carbocycles. The fraction of sp³-hybridized carbons (Fsp3) is 0.947. The van der Waals surface area contributed by atoms with Crippen LogP contribution in [0.3, 0.4) is 0 Å². The molecule has 16 heteroatoms. The van der Waals surface area contributed by atoms with Gasteiger partial charge in [-0.3, -0.25) is 4.99 Å². The van der Waals surface area contributed by atoms with Crippen LogP contribution in [0.2, 0.25) is 0 Å². The van der Waals surface area contributed by atoms with Gasteiger partial charge in [0, 0.05) is 12.1 Å². The maximum Gasteiger partial charge on any atom is 0.187 e. The lowest BCUT2D eigenvalue weighted by atomic mass is 9.84. The van der Waals surface area contributed by atoms with Crippen molar-refractivity contribution in [2.45, 2.75) is 105 Å². The van der Waals surface area contributed by atoms with E-state index in [1.807, 2.05) is 0 Å². The molecule has 35 heavy (non-hydrogen) atoms. The number of aliphatic imine (C=N–C) groups is 1. The smallest absolute Gasteiger partial charge is 0.187 e. The summed E-state index contributed by atoms with van der Waals surface area (Å²) in [5, 5.41) is 61.9. The predicted molar refractivity (Wildman–Crippen MR) is 118 cm³/mol. The number of nitrogens with zero attached hydrogens (tertiary/aromatic N) is 1. The average Bonchev–Trinajstić information content (AvgIpc) is 3.05. The molecule has 3 aliphatic rings. The van der Waals surface area contributed by atoms with Gasteiger partial charge in [-0.15, -0.1) is 0 Å². The molecule has 0 amide bonds. The Labute approximate surface area is 201 Å². The molecule has 0 aromatic rings. The summed E-state index contributed by atoms with van der Waals surface area (Å²) in [6.45, 7) is 1.21. The zero-order chi connectivity index (χ0) is 26.2. The van der Waals surface area contributed by atoms with Crippen molar-refractivity contribution in [3.05, 3.63) is 0 Å². The number of guanidine groups is 1. The van der Waals surface area contributed by atoms with Crippen LogP contribution in [0.25, 0.3) is 0 Å². The number of ether oxygens (including phenoxy) is 4. The Morgan fingerprint density at radius 2 is 1.49 bits per heavy atom. The summed E-state index contributed by atoms with van der Waals surface area (Å²) in [7, 11) is 0. The van der Waals surface area contributed by atoms with Crippen molar-refractivity contribution in [2.24, 2.45) is 33.7 Å². The molecule has 2 saturated heterocycles. The van der Waals surface area contributed by atoms with E-state index in [4.69, 9.17) is 47.6 Å². The molecule has 16 N–H and O–H groups in total. The Bertz CT molecular complexity index is 732. The van der Waals surface area contributed by atoms with Crippen molar-refractivity contribution in [1.82, 2.24) is 0 Å². The molecule has 16 nitrogen and oxygen atoms in total. The Morgan fingerprint density at radius 3 is 2.09 bits per heavy atom. The van der Waals surface area contributed by atoms with Gasteiger partial charge in [-0.05, 0) is 13.3 Å². The zero-order valence-corrected chi connectivity index (χ0v) is 19.2. The van der Waals surface area contributed by atoms with Gasteiger partial charge in [0.05, 0.1) is 24.8 Å². The van der Waals surface area contributed by atoms with E-state index in [-0.39, 0.29) is 18.9 Å².